The minimum Gasteiger partial charge on any atom is -0.397 e. The number of amides is 1. The van der Waals surface area contributed by atoms with Crippen LogP contribution in [-0.2, 0) is 0 Å². The highest BCUT2D eigenvalue weighted by Crippen LogP contribution is 2.26. The molecule has 0 saturated carbocycles. The Balaban J connectivity index is 2.23. The van der Waals surface area contributed by atoms with Crippen LogP contribution < -0.4 is 11.1 Å². The van der Waals surface area contributed by atoms with Gasteiger partial charge >= 0.3 is 0 Å². The molecule has 2 rings (SSSR count). The van der Waals surface area contributed by atoms with Crippen LogP contribution in [0.1, 0.15) is 10.4 Å². The first kappa shape index (κ1) is 14.4. The van der Waals surface area contributed by atoms with E-state index in [0.717, 1.165) is 8.95 Å². The van der Waals surface area contributed by atoms with Gasteiger partial charge in [0.25, 0.3) is 5.91 Å². The lowest BCUT2D eigenvalue weighted by Gasteiger charge is -2.09. The summed E-state index contributed by atoms with van der Waals surface area (Å²) in [6, 6.07) is 10.3. The number of carbonyl (C=O) groups is 1. The number of hydrogen-bond acceptors (Lipinski definition) is 2. The summed E-state index contributed by atoms with van der Waals surface area (Å²) in [7, 11) is 0. The summed E-state index contributed by atoms with van der Waals surface area (Å²) in [5.41, 5.74) is 7.35. The zero-order valence-electron chi connectivity index (χ0n) is 9.58. The second-order valence-corrected chi connectivity index (χ2v) is 5.99. The van der Waals surface area contributed by atoms with Crippen LogP contribution in [0.5, 0.6) is 0 Å². The number of halogens is 3. The van der Waals surface area contributed by atoms with E-state index in [4.69, 9.17) is 17.3 Å². The molecule has 3 N–H and O–H groups in total. The third kappa shape index (κ3) is 3.49. The SMILES string of the molecule is Nc1cc(Br)ccc1NC(=O)c1ccc(Br)c(Cl)c1. The van der Waals surface area contributed by atoms with Crippen molar-refractivity contribution < 1.29 is 4.79 Å². The quantitative estimate of drug-likeness (QED) is 0.713. The van der Waals surface area contributed by atoms with Crippen LogP contribution in [0.2, 0.25) is 5.02 Å². The number of nitrogen functional groups attached to an aromatic ring is 1. The predicted molar refractivity (Wildman–Crippen MR) is 85.7 cm³/mol. The number of nitrogens with one attached hydrogen (secondary N) is 1. The maximum Gasteiger partial charge on any atom is 0.255 e. The van der Waals surface area contributed by atoms with Gasteiger partial charge in [0.2, 0.25) is 0 Å². The first-order valence-corrected chi connectivity index (χ1v) is 7.25. The molecule has 0 unspecified atom stereocenters. The minimum absolute atomic E-state index is 0.261. The van der Waals surface area contributed by atoms with Gasteiger partial charge in [-0.1, -0.05) is 27.5 Å². The Labute approximate surface area is 132 Å². The van der Waals surface area contributed by atoms with E-state index in [0.29, 0.717) is 22.0 Å². The highest BCUT2D eigenvalue weighted by molar-refractivity contribution is 9.10. The first-order valence-electron chi connectivity index (χ1n) is 5.29. The molecular weight excluding hydrogens is 395 g/mol. The molecule has 0 heterocycles. The number of carbonyl (C=O) groups excluding carboxylic acids is 1. The fourth-order valence-electron chi connectivity index (χ4n) is 1.48. The van der Waals surface area contributed by atoms with Gasteiger partial charge in [-0.05, 0) is 52.3 Å². The summed E-state index contributed by atoms with van der Waals surface area (Å²) in [5, 5.41) is 3.22. The van der Waals surface area contributed by atoms with Crippen molar-refractivity contribution in [2.24, 2.45) is 0 Å². The van der Waals surface area contributed by atoms with E-state index in [1.54, 1.807) is 36.4 Å². The number of nitrogens with two attached hydrogens (primary N) is 1. The molecule has 2 aromatic carbocycles. The summed E-state index contributed by atoms with van der Waals surface area (Å²) in [6.07, 6.45) is 0. The van der Waals surface area contributed by atoms with Crippen LogP contribution in [0.3, 0.4) is 0 Å². The Hall–Kier alpha value is -1.04. The van der Waals surface area contributed by atoms with Crippen molar-refractivity contribution in [3.05, 3.63) is 55.9 Å². The highest BCUT2D eigenvalue weighted by Gasteiger charge is 2.10. The number of anilines is 2. The summed E-state index contributed by atoms with van der Waals surface area (Å²) in [4.78, 5) is 12.1. The van der Waals surface area contributed by atoms with Gasteiger partial charge in [-0.15, -0.1) is 0 Å². The maximum atomic E-state index is 12.1. The topological polar surface area (TPSA) is 55.1 Å². The molecule has 3 nitrogen and oxygen atoms in total. The number of benzene rings is 2. The van der Waals surface area contributed by atoms with Crippen LogP contribution >= 0.6 is 43.5 Å². The maximum absolute atomic E-state index is 12.1. The molecule has 0 saturated heterocycles. The van der Waals surface area contributed by atoms with Gasteiger partial charge in [0.1, 0.15) is 0 Å². The molecule has 0 fully saturated rings. The molecule has 0 aliphatic heterocycles. The molecule has 0 atom stereocenters. The second kappa shape index (κ2) is 5.94. The number of rotatable bonds is 2. The molecule has 0 aliphatic rings. The fraction of sp³-hybridized carbons (Fsp3) is 0. The Kier molecular flexibility index (Phi) is 4.50. The highest BCUT2D eigenvalue weighted by atomic mass is 79.9. The van der Waals surface area contributed by atoms with Crippen LogP contribution in [0, 0.1) is 0 Å². The molecule has 0 aliphatic carbocycles. The lowest BCUT2D eigenvalue weighted by Crippen LogP contribution is -2.13. The van der Waals surface area contributed by atoms with Crippen LogP contribution in [0.25, 0.3) is 0 Å². The predicted octanol–water partition coefficient (Wildman–Crippen LogP) is 4.70. The standard InChI is InChI=1S/C13H9Br2ClN2O/c14-8-2-4-12(11(17)6-8)18-13(19)7-1-3-9(15)10(16)5-7/h1-6H,17H2,(H,18,19). The van der Waals surface area contributed by atoms with E-state index in [2.05, 4.69) is 37.2 Å². The van der Waals surface area contributed by atoms with Crippen molar-refractivity contribution in [2.75, 3.05) is 11.1 Å². The minimum atomic E-state index is -0.261. The van der Waals surface area contributed by atoms with E-state index < -0.39 is 0 Å². The second-order valence-electron chi connectivity index (χ2n) is 3.81. The van der Waals surface area contributed by atoms with E-state index in [1.165, 1.54) is 0 Å². The molecule has 0 bridgehead atoms. The molecule has 1 amide bonds. The van der Waals surface area contributed by atoms with Crippen LogP contribution in [-0.4, -0.2) is 5.91 Å². The summed E-state index contributed by atoms with van der Waals surface area (Å²) < 4.78 is 1.60. The van der Waals surface area contributed by atoms with Crippen molar-refractivity contribution in [2.45, 2.75) is 0 Å². The average molecular weight is 404 g/mol. The van der Waals surface area contributed by atoms with E-state index in [9.17, 15) is 4.79 Å². The Morgan fingerprint density at radius 2 is 1.89 bits per heavy atom. The Morgan fingerprint density at radius 1 is 1.16 bits per heavy atom. The molecule has 19 heavy (non-hydrogen) atoms. The first-order chi connectivity index (χ1) is 8.97. The molecule has 0 radical (unpaired) electrons. The van der Waals surface area contributed by atoms with Gasteiger partial charge in [0.05, 0.1) is 16.4 Å². The Bertz CT molecular complexity index is 647. The summed E-state index contributed by atoms with van der Waals surface area (Å²) in [5.74, 6) is -0.261. The van der Waals surface area contributed by atoms with Crippen molar-refractivity contribution >= 4 is 60.7 Å². The molecular formula is C13H9Br2ClN2O. The van der Waals surface area contributed by atoms with Gasteiger partial charge in [-0.2, -0.15) is 0 Å². The van der Waals surface area contributed by atoms with Gasteiger partial charge in [0, 0.05) is 14.5 Å². The largest absolute Gasteiger partial charge is 0.397 e. The summed E-state index contributed by atoms with van der Waals surface area (Å²) in [6.45, 7) is 0. The van der Waals surface area contributed by atoms with Crippen LogP contribution in [0.15, 0.2) is 45.3 Å². The van der Waals surface area contributed by atoms with Crippen molar-refractivity contribution in [1.82, 2.24) is 0 Å². The van der Waals surface area contributed by atoms with Crippen LogP contribution in [0.4, 0.5) is 11.4 Å². The smallest absolute Gasteiger partial charge is 0.255 e. The molecule has 6 heteroatoms. The van der Waals surface area contributed by atoms with E-state index in [1.807, 2.05) is 0 Å². The van der Waals surface area contributed by atoms with Gasteiger partial charge in [-0.25, -0.2) is 0 Å². The van der Waals surface area contributed by atoms with E-state index >= 15 is 0 Å². The Morgan fingerprint density at radius 3 is 2.53 bits per heavy atom. The van der Waals surface area contributed by atoms with Crippen molar-refractivity contribution in [3.8, 4) is 0 Å². The lowest BCUT2D eigenvalue weighted by molar-refractivity contribution is 0.102. The molecule has 2 aromatic rings. The molecule has 0 aromatic heterocycles. The average Bonchev–Trinajstić information content (AvgIpc) is 2.36. The third-order valence-corrected chi connectivity index (χ3v) is 4.17. The van der Waals surface area contributed by atoms with Crippen molar-refractivity contribution in [3.63, 3.8) is 0 Å². The van der Waals surface area contributed by atoms with Crippen molar-refractivity contribution in [1.29, 1.82) is 0 Å². The monoisotopic (exact) mass is 402 g/mol. The number of hydrogen-bond donors (Lipinski definition) is 2. The zero-order valence-corrected chi connectivity index (χ0v) is 13.5. The zero-order chi connectivity index (χ0) is 14.0. The molecule has 0 spiro atoms. The fourth-order valence-corrected chi connectivity index (χ4v) is 2.29. The third-order valence-electron chi connectivity index (χ3n) is 2.44. The van der Waals surface area contributed by atoms with E-state index in [-0.39, 0.29) is 5.91 Å². The molecule has 98 valence electrons. The van der Waals surface area contributed by atoms with Gasteiger partial charge in [-0.3, -0.25) is 4.79 Å². The summed E-state index contributed by atoms with van der Waals surface area (Å²) >= 11 is 12.5. The lowest BCUT2D eigenvalue weighted by atomic mass is 10.2. The van der Waals surface area contributed by atoms with Gasteiger partial charge in [0.15, 0.2) is 0 Å². The normalized spacial score (nSPS) is 10.3. The van der Waals surface area contributed by atoms with Gasteiger partial charge < -0.3 is 11.1 Å².